The molecule has 2 heteroatoms. The maximum atomic E-state index is 9.25. The van der Waals surface area contributed by atoms with Crippen LogP contribution in [0.3, 0.4) is 0 Å². The second-order valence-corrected chi connectivity index (χ2v) is 4.86. The second kappa shape index (κ2) is 3.34. The molecule has 12 heavy (non-hydrogen) atoms. The summed E-state index contributed by atoms with van der Waals surface area (Å²) in [7, 11) is 0. The van der Waals surface area contributed by atoms with Crippen molar-refractivity contribution in [3.63, 3.8) is 0 Å². The van der Waals surface area contributed by atoms with Gasteiger partial charge in [0.1, 0.15) is 0 Å². The summed E-state index contributed by atoms with van der Waals surface area (Å²) in [6, 6.07) is 7.52. The molecule has 0 radical (unpaired) electrons. The second-order valence-electron chi connectivity index (χ2n) is 2.81. The van der Waals surface area contributed by atoms with Crippen molar-refractivity contribution < 1.29 is 5.11 Å². The van der Waals surface area contributed by atoms with Crippen molar-refractivity contribution in [1.29, 1.82) is 0 Å². The Morgan fingerprint density at radius 2 is 2.25 bits per heavy atom. The third kappa shape index (κ3) is 1.55. The average molecular weight is 225 g/mol. The van der Waals surface area contributed by atoms with Crippen molar-refractivity contribution in [1.82, 2.24) is 0 Å². The van der Waals surface area contributed by atoms with Gasteiger partial charge >= 0.3 is 77.9 Å². The van der Waals surface area contributed by atoms with E-state index in [2.05, 4.69) is 11.0 Å². The van der Waals surface area contributed by atoms with Gasteiger partial charge < -0.3 is 0 Å². The fourth-order valence-electron chi connectivity index (χ4n) is 1.31. The van der Waals surface area contributed by atoms with Crippen LogP contribution in [0, 0.1) is 0 Å². The molecule has 0 spiro atoms. The van der Waals surface area contributed by atoms with Gasteiger partial charge in [0, 0.05) is 0 Å². The normalized spacial score (nSPS) is 16.2. The van der Waals surface area contributed by atoms with E-state index < -0.39 is 0 Å². The standard InChI is InChI=1S/C10H10OSe/c11-10-3-1-2-8(6-10)9-4-5-12-7-9/h1-3,6-7,11H,4-5H2. The first kappa shape index (κ1) is 7.90. The summed E-state index contributed by atoms with van der Waals surface area (Å²) in [6.45, 7) is 0. The molecule has 0 aliphatic carbocycles. The third-order valence-corrected chi connectivity index (χ3v) is 3.80. The van der Waals surface area contributed by atoms with E-state index in [-0.39, 0.29) is 0 Å². The van der Waals surface area contributed by atoms with Crippen LogP contribution < -0.4 is 0 Å². The quantitative estimate of drug-likeness (QED) is 0.727. The summed E-state index contributed by atoms with van der Waals surface area (Å²) >= 11 is 0.695. The van der Waals surface area contributed by atoms with Gasteiger partial charge in [0.05, 0.1) is 0 Å². The van der Waals surface area contributed by atoms with Gasteiger partial charge in [-0.25, -0.2) is 0 Å². The molecule has 0 unspecified atom stereocenters. The van der Waals surface area contributed by atoms with Crippen LogP contribution in [0.1, 0.15) is 12.0 Å². The molecular formula is C10H10OSe. The molecule has 1 aliphatic rings. The molecule has 62 valence electrons. The van der Waals surface area contributed by atoms with Crippen LogP contribution >= 0.6 is 0 Å². The van der Waals surface area contributed by atoms with E-state index in [1.54, 1.807) is 6.07 Å². The van der Waals surface area contributed by atoms with Crippen molar-refractivity contribution in [3.8, 4) is 5.75 Å². The molecule has 1 nitrogen and oxygen atoms in total. The summed E-state index contributed by atoms with van der Waals surface area (Å²) in [6.07, 6.45) is 1.18. The predicted octanol–water partition coefficient (Wildman–Crippen LogP) is 2.26. The SMILES string of the molecule is Oc1cccc(C2=C[Se]CC2)c1. The first-order valence-electron chi connectivity index (χ1n) is 3.96. The van der Waals surface area contributed by atoms with Gasteiger partial charge in [-0.1, -0.05) is 0 Å². The maximum absolute atomic E-state index is 9.25. The van der Waals surface area contributed by atoms with E-state index in [9.17, 15) is 5.11 Å². The molecule has 1 aromatic carbocycles. The number of hydrogen-bond acceptors (Lipinski definition) is 1. The van der Waals surface area contributed by atoms with E-state index in [1.165, 1.54) is 22.9 Å². The zero-order chi connectivity index (χ0) is 8.39. The van der Waals surface area contributed by atoms with E-state index >= 15 is 0 Å². The van der Waals surface area contributed by atoms with E-state index in [0.29, 0.717) is 20.7 Å². The molecule has 1 aliphatic heterocycles. The van der Waals surface area contributed by atoms with Crippen LogP contribution in [0.5, 0.6) is 5.75 Å². The molecule has 0 fully saturated rings. The van der Waals surface area contributed by atoms with Crippen molar-refractivity contribution in [3.05, 3.63) is 34.8 Å². The number of rotatable bonds is 1. The zero-order valence-corrected chi connectivity index (χ0v) is 8.37. The number of phenols is 1. The Bertz CT molecular complexity index is 317. The summed E-state index contributed by atoms with van der Waals surface area (Å²) in [5.41, 5.74) is 2.60. The average Bonchev–Trinajstić information content (AvgIpc) is 2.56. The fourth-order valence-corrected chi connectivity index (χ4v) is 3.22. The molecule has 0 amide bonds. The Hall–Kier alpha value is -0.721. The van der Waals surface area contributed by atoms with Crippen molar-refractivity contribution >= 4 is 20.5 Å². The molecule has 2 rings (SSSR count). The van der Waals surface area contributed by atoms with Gasteiger partial charge in [-0.05, 0) is 0 Å². The zero-order valence-electron chi connectivity index (χ0n) is 6.66. The van der Waals surface area contributed by atoms with Crippen molar-refractivity contribution in [2.24, 2.45) is 0 Å². The first-order chi connectivity index (χ1) is 5.86. The Balaban J connectivity index is 2.33. The number of allylic oxidation sites excluding steroid dienone is 1. The molecule has 1 heterocycles. The van der Waals surface area contributed by atoms with Crippen LogP contribution in [0.25, 0.3) is 5.57 Å². The summed E-state index contributed by atoms with van der Waals surface area (Å²) in [5, 5.41) is 10.6. The summed E-state index contributed by atoms with van der Waals surface area (Å²) < 4.78 is 0. The monoisotopic (exact) mass is 226 g/mol. The third-order valence-electron chi connectivity index (χ3n) is 1.93. The van der Waals surface area contributed by atoms with Gasteiger partial charge in [-0.3, -0.25) is 0 Å². The van der Waals surface area contributed by atoms with Crippen molar-refractivity contribution in [2.75, 3.05) is 0 Å². The number of benzene rings is 1. The molecule has 0 bridgehead atoms. The number of aromatic hydroxyl groups is 1. The predicted molar refractivity (Wildman–Crippen MR) is 51.3 cm³/mol. The first-order valence-corrected chi connectivity index (χ1v) is 6.16. The van der Waals surface area contributed by atoms with Crippen molar-refractivity contribution in [2.45, 2.75) is 11.7 Å². The van der Waals surface area contributed by atoms with E-state index in [4.69, 9.17) is 0 Å². The Morgan fingerprint density at radius 1 is 1.33 bits per heavy atom. The van der Waals surface area contributed by atoms with Crippen LogP contribution in [0.15, 0.2) is 29.2 Å². The minimum atomic E-state index is 0.368. The van der Waals surface area contributed by atoms with Gasteiger partial charge in [-0.15, -0.1) is 0 Å². The Labute approximate surface area is 78.3 Å². The fraction of sp³-hybridized carbons (Fsp3) is 0.200. The van der Waals surface area contributed by atoms with Gasteiger partial charge in [0.15, 0.2) is 0 Å². The molecule has 0 saturated carbocycles. The van der Waals surface area contributed by atoms with Gasteiger partial charge in [-0.2, -0.15) is 0 Å². The van der Waals surface area contributed by atoms with Crippen LogP contribution in [0.2, 0.25) is 5.32 Å². The molecule has 1 aromatic rings. The Morgan fingerprint density at radius 3 is 2.92 bits per heavy atom. The molecule has 1 N–H and O–H groups in total. The Kier molecular flexibility index (Phi) is 2.20. The molecule has 0 aromatic heterocycles. The minimum absolute atomic E-state index is 0.368. The van der Waals surface area contributed by atoms with Crippen LogP contribution in [-0.2, 0) is 0 Å². The topological polar surface area (TPSA) is 20.2 Å². The van der Waals surface area contributed by atoms with E-state index in [1.807, 2.05) is 12.1 Å². The number of phenolic OH excluding ortho intramolecular Hbond substituents is 1. The van der Waals surface area contributed by atoms with Gasteiger partial charge in [0.25, 0.3) is 0 Å². The van der Waals surface area contributed by atoms with Crippen LogP contribution in [-0.4, -0.2) is 20.1 Å². The molecule has 0 atom stereocenters. The van der Waals surface area contributed by atoms with E-state index in [0.717, 1.165) is 0 Å². The summed E-state index contributed by atoms with van der Waals surface area (Å²) in [5.74, 6) is 0.368. The van der Waals surface area contributed by atoms with Crippen LogP contribution in [0.4, 0.5) is 0 Å². The molecular weight excluding hydrogens is 215 g/mol. The van der Waals surface area contributed by atoms with Gasteiger partial charge in [0.2, 0.25) is 0 Å². The number of hydrogen-bond donors (Lipinski definition) is 1. The molecule has 0 saturated heterocycles. The summed E-state index contributed by atoms with van der Waals surface area (Å²) in [4.78, 5) is 2.32.